The van der Waals surface area contributed by atoms with Crippen LogP contribution in [-0.2, 0) is 14.3 Å². The van der Waals surface area contributed by atoms with Crippen molar-refractivity contribution in [1.82, 2.24) is 0 Å². The minimum atomic E-state index is -0.591. The third kappa shape index (κ3) is 1.37. The average molecular weight is 238 g/mol. The van der Waals surface area contributed by atoms with E-state index in [0.29, 0.717) is 5.57 Å². The largest absolute Gasteiger partial charge is 0.465 e. The topological polar surface area (TPSA) is 43.4 Å². The number of rotatable bonds is 1. The Labute approximate surface area is 104 Å². The fourth-order valence-corrected chi connectivity index (χ4v) is 2.27. The van der Waals surface area contributed by atoms with Gasteiger partial charge in [-0.25, -0.2) is 4.79 Å². The summed E-state index contributed by atoms with van der Waals surface area (Å²) < 4.78 is 4.60. The minimum Gasteiger partial charge on any atom is -0.465 e. The van der Waals surface area contributed by atoms with Gasteiger partial charge in [-0.15, -0.1) is 0 Å². The van der Waals surface area contributed by atoms with Gasteiger partial charge >= 0.3 is 5.97 Å². The first-order valence-corrected chi connectivity index (χ1v) is 5.59. The Bertz CT molecular complexity index is 660. The highest BCUT2D eigenvalue weighted by Crippen LogP contribution is 2.39. The molecule has 0 N–H and O–H groups in total. The van der Waals surface area contributed by atoms with Gasteiger partial charge in [0.15, 0.2) is 0 Å². The first kappa shape index (κ1) is 10.7. The van der Waals surface area contributed by atoms with Gasteiger partial charge in [-0.1, -0.05) is 30.3 Å². The molecule has 0 aromatic heterocycles. The van der Waals surface area contributed by atoms with Crippen LogP contribution < -0.4 is 0 Å². The van der Waals surface area contributed by atoms with Crippen molar-refractivity contribution in [2.45, 2.75) is 0 Å². The van der Waals surface area contributed by atoms with Crippen molar-refractivity contribution < 1.29 is 14.3 Å². The van der Waals surface area contributed by atoms with Gasteiger partial charge in [0.1, 0.15) is 5.57 Å². The number of esters is 1. The van der Waals surface area contributed by atoms with E-state index >= 15 is 0 Å². The molecule has 0 bridgehead atoms. The van der Waals surface area contributed by atoms with E-state index in [1.165, 1.54) is 13.2 Å². The highest BCUT2D eigenvalue weighted by Gasteiger charge is 2.31. The Kier molecular flexibility index (Phi) is 2.27. The summed E-state index contributed by atoms with van der Waals surface area (Å²) >= 11 is 0. The van der Waals surface area contributed by atoms with E-state index in [2.05, 4.69) is 4.74 Å². The molecule has 18 heavy (non-hydrogen) atoms. The van der Waals surface area contributed by atoms with Crippen LogP contribution >= 0.6 is 0 Å². The number of Topliss-reactive ketones (excluding diaryl/α,β-unsaturated/α-hetero) is 1. The number of carbonyl (C=O) groups is 2. The number of hydrogen-bond acceptors (Lipinski definition) is 3. The van der Waals surface area contributed by atoms with Gasteiger partial charge in [-0.3, -0.25) is 4.79 Å². The molecule has 1 aromatic carbocycles. The van der Waals surface area contributed by atoms with Crippen molar-refractivity contribution >= 4 is 23.4 Å². The lowest BCUT2D eigenvalue weighted by atomic mass is 9.91. The second-order valence-electron chi connectivity index (χ2n) is 4.13. The van der Waals surface area contributed by atoms with Crippen LogP contribution in [0.15, 0.2) is 47.6 Å². The highest BCUT2D eigenvalue weighted by atomic mass is 16.5. The first-order valence-electron chi connectivity index (χ1n) is 5.59. The molecule has 2 aliphatic rings. The molecule has 2 aliphatic carbocycles. The molecule has 3 rings (SSSR count). The molecule has 1 aromatic rings. The lowest BCUT2D eigenvalue weighted by Gasteiger charge is -2.12. The van der Waals surface area contributed by atoms with Crippen LogP contribution in [-0.4, -0.2) is 18.9 Å². The maximum absolute atomic E-state index is 12.2. The smallest absolute Gasteiger partial charge is 0.341 e. The molecule has 0 aliphatic heterocycles. The summed E-state index contributed by atoms with van der Waals surface area (Å²) in [4.78, 5) is 23.7. The third-order valence-corrected chi connectivity index (χ3v) is 3.15. The molecule has 0 heterocycles. The molecule has 3 heteroatoms. The lowest BCUT2D eigenvalue weighted by Crippen LogP contribution is -2.18. The molecular formula is C15H10O3. The number of allylic oxidation sites excluding steroid dienone is 4. The third-order valence-electron chi connectivity index (χ3n) is 3.15. The molecule has 88 valence electrons. The number of hydrogen-bond donors (Lipinski definition) is 0. The van der Waals surface area contributed by atoms with E-state index in [0.717, 1.165) is 16.7 Å². The van der Waals surface area contributed by atoms with Gasteiger partial charge in [0, 0.05) is 5.57 Å². The maximum Gasteiger partial charge on any atom is 0.341 e. The summed E-state index contributed by atoms with van der Waals surface area (Å²) in [6, 6.07) is 7.77. The number of methoxy groups -OCH3 is 1. The van der Waals surface area contributed by atoms with E-state index < -0.39 is 5.97 Å². The lowest BCUT2D eigenvalue weighted by molar-refractivity contribution is -0.137. The zero-order chi connectivity index (χ0) is 12.7. The van der Waals surface area contributed by atoms with Crippen molar-refractivity contribution in [1.29, 1.82) is 0 Å². The summed E-state index contributed by atoms with van der Waals surface area (Å²) in [5.41, 5.74) is 3.57. The van der Waals surface area contributed by atoms with Gasteiger partial charge in [0.2, 0.25) is 5.78 Å². The molecular weight excluding hydrogens is 228 g/mol. The molecule has 0 saturated heterocycles. The standard InChI is InChI=1S/C15H10O3/c1-18-15(17)12-7-6-11-10-5-3-2-4-9(10)8-13(11)14(12)16/h2-8H,1H3. The van der Waals surface area contributed by atoms with Crippen molar-refractivity contribution in [2.24, 2.45) is 0 Å². The van der Waals surface area contributed by atoms with Crippen LogP contribution in [0.5, 0.6) is 0 Å². The summed E-state index contributed by atoms with van der Waals surface area (Å²) in [5, 5.41) is 0. The fourth-order valence-electron chi connectivity index (χ4n) is 2.27. The first-order chi connectivity index (χ1) is 8.72. The summed E-state index contributed by atoms with van der Waals surface area (Å²) in [5.74, 6) is -0.859. The van der Waals surface area contributed by atoms with Crippen LogP contribution in [0.1, 0.15) is 11.1 Å². The Morgan fingerprint density at radius 2 is 1.89 bits per heavy atom. The summed E-state index contributed by atoms with van der Waals surface area (Å²) in [6.45, 7) is 0. The Balaban J connectivity index is 2.12. The average Bonchev–Trinajstić information content (AvgIpc) is 2.78. The normalized spacial score (nSPS) is 16.3. The van der Waals surface area contributed by atoms with E-state index in [1.807, 2.05) is 30.3 Å². The predicted molar refractivity (Wildman–Crippen MR) is 67.5 cm³/mol. The SMILES string of the molecule is COC(=O)C1=CC=C2C(=Cc3ccccc32)C1=O. The number of ketones is 1. The predicted octanol–water partition coefficient (Wildman–Crippen LogP) is 2.15. The zero-order valence-electron chi connectivity index (χ0n) is 9.77. The Morgan fingerprint density at radius 1 is 1.11 bits per heavy atom. The fraction of sp³-hybridized carbons (Fsp3) is 0.0667. The van der Waals surface area contributed by atoms with E-state index in [1.54, 1.807) is 6.08 Å². The van der Waals surface area contributed by atoms with Crippen molar-refractivity contribution in [3.63, 3.8) is 0 Å². The number of benzene rings is 1. The Hall–Kier alpha value is -2.42. The monoisotopic (exact) mass is 238 g/mol. The van der Waals surface area contributed by atoms with Crippen LogP contribution in [0, 0.1) is 0 Å². The molecule has 0 radical (unpaired) electrons. The van der Waals surface area contributed by atoms with Gasteiger partial charge < -0.3 is 4.74 Å². The molecule has 3 nitrogen and oxygen atoms in total. The summed E-state index contributed by atoms with van der Waals surface area (Å²) in [7, 11) is 1.27. The van der Waals surface area contributed by atoms with Crippen LogP contribution in [0.4, 0.5) is 0 Å². The molecule has 0 fully saturated rings. The van der Waals surface area contributed by atoms with Gasteiger partial charge in [0.05, 0.1) is 7.11 Å². The van der Waals surface area contributed by atoms with Crippen molar-refractivity contribution in [3.05, 3.63) is 58.7 Å². The van der Waals surface area contributed by atoms with Crippen LogP contribution in [0.3, 0.4) is 0 Å². The zero-order valence-corrected chi connectivity index (χ0v) is 9.77. The van der Waals surface area contributed by atoms with Gasteiger partial charge in [0.25, 0.3) is 0 Å². The molecule has 0 amide bonds. The second-order valence-corrected chi connectivity index (χ2v) is 4.13. The van der Waals surface area contributed by atoms with Crippen molar-refractivity contribution in [2.75, 3.05) is 7.11 Å². The van der Waals surface area contributed by atoms with E-state index in [9.17, 15) is 9.59 Å². The van der Waals surface area contributed by atoms with E-state index in [-0.39, 0.29) is 11.4 Å². The second kappa shape index (κ2) is 3.81. The maximum atomic E-state index is 12.2. The molecule has 0 unspecified atom stereocenters. The number of ether oxygens (including phenoxy) is 1. The minimum absolute atomic E-state index is 0.0836. The highest BCUT2D eigenvalue weighted by molar-refractivity contribution is 6.33. The quantitative estimate of drug-likeness (QED) is 0.556. The van der Waals surface area contributed by atoms with Gasteiger partial charge in [-0.2, -0.15) is 0 Å². The van der Waals surface area contributed by atoms with Gasteiger partial charge in [-0.05, 0) is 28.9 Å². The molecule has 0 spiro atoms. The molecule has 0 atom stereocenters. The van der Waals surface area contributed by atoms with Crippen LogP contribution in [0.25, 0.3) is 11.6 Å². The number of fused-ring (bicyclic) bond motifs is 3. The molecule has 0 saturated carbocycles. The Morgan fingerprint density at radius 3 is 2.67 bits per heavy atom. The summed E-state index contributed by atoms with van der Waals surface area (Å²) in [6.07, 6.45) is 5.15. The number of carbonyl (C=O) groups excluding carboxylic acids is 2. The van der Waals surface area contributed by atoms with Crippen LogP contribution in [0.2, 0.25) is 0 Å². The van der Waals surface area contributed by atoms with E-state index in [4.69, 9.17) is 0 Å². The van der Waals surface area contributed by atoms with Crippen molar-refractivity contribution in [3.8, 4) is 0 Å².